The van der Waals surface area contributed by atoms with Crippen molar-refractivity contribution in [2.45, 2.75) is 43.0 Å². The minimum Gasteiger partial charge on any atom is -0.223 e. The first kappa shape index (κ1) is 22.8. The van der Waals surface area contributed by atoms with Gasteiger partial charge in [0.25, 0.3) is 16.0 Å². The summed E-state index contributed by atoms with van der Waals surface area (Å²) in [7, 11) is -3.98. The highest BCUT2D eigenvalue weighted by Gasteiger charge is 2.65. The smallest absolute Gasteiger partial charge is 0.223 e. The Bertz CT molecular complexity index is 1630. The van der Waals surface area contributed by atoms with Crippen molar-refractivity contribution in [2.24, 2.45) is 10.6 Å². The van der Waals surface area contributed by atoms with Crippen molar-refractivity contribution in [3.05, 3.63) is 77.4 Å². The second-order valence-corrected chi connectivity index (χ2v) is 11.2. The fourth-order valence-corrected chi connectivity index (χ4v) is 6.48. The van der Waals surface area contributed by atoms with Crippen molar-refractivity contribution < 1.29 is 17.2 Å². The normalized spacial score (nSPS) is 22.1. The van der Waals surface area contributed by atoms with Gasteiger partial charge in [0.15, 0.2) is 5.03 Å². The molecule has 9 nitrogen and oxygen atoms in total. The molecule has 0 saturated heterocycles. The Morgan fingerprint density at radius 2 is 1.86 bits per heavy atom. The van der Waals surface area contributed by atoms with Crippen LogP contribution in [0.5, 0.6) is 0 Å². The number of aromatic nitrogens is 6. The molecule has 2 aliphatic carbocycles. The van der Waals surface area contributed by atoms with Gasteiger partial charge in [0.2, 0.25) is 0 Å². The predicted molar refractivity (Wildman–Crippen MR) is 124 cm³/mol. The van der Waals surface area contributed by atoms with E-state index in [0.717, 1.165) is 24.1 Å². The van der Waals surface area contributed by atoms with Crippen molar-refractivity contribution in [3.63, 3.8) is 0 Å². The highest BCUT2D eigenvalue weighted by Crippen LogP contribution is 2.69. The molecule has 0 unspecified atom stereocenters. The lowest BCUT2D eigenvalue weighted by molar-refractivity contribution is 0.242. The summed E-state index contributed by atoms with van der Waals surface area (Å²) >= 11 is 0. The van der Waals surface area contributed by atoms with Crippen LogP contribution in [0.25, 0.3) is 17.2 Å². The van der Waals surface area contributed by atoms with Gasteiger partial charge < -0.3 is 0 Å². The van der Waals surface area contributed by atoms with Crippen LogP contribution in [0.4, 0.5) is 8.78 Å². The summed E-state index contributed by atoms with van der Waals surface area (Å²) in [4.78, 5) is 9.03. The Balaban J connectivity index is 1.49. The van der Waals surface area contributed by atoms with E-state index in [1.54, 1.807) is 18.3 Å². The summed E-state index contributed by atoms with van der Waals surface area (Å²) in [6, 6.07) is 8.53. The average molecular weight is 510 g/mol. The highest BCUT2D eigenvalue weighted by molar-refractivity contribution is 7.89. The maximum Gasteiger partial charge on any atom is 0.257 e. The lowest BCUT2D eigenvalue weighted by Gasteiger charge is -2.37. The largest absolute Gasteiger partial charge is 0.257 e. The SMILES string of the molecule is CC1(C)[C@H]2CC[C@]1(c1ccnc(-n3ccc(S(N)(=O)=O)n3)n1)c1nnc(-c3c(F)cccc3F)cc12. The van der Waals surface area contributed by atoms with E-state index < -0.39 is 27.1 Å². The first-order valence-electron chi connectivity index (χ1n) is 11.3. The molecule has 2 atom stereocenters. The van der Waals surface area contributed by atoms with Gasteiger partial charge in [-0.25, -0.2) is 37.0 Å². The minimum absolute atomic E-state index is 0.0775. The summed E-state index contributed by atoms with van der Waals surface area (Å²) < 4.78 is 53.5. The number of nitrogens with zero attached hydrogens (tertiary/aromatic N) is 6. The van der Waals surface area contributed by atoms with E-state index in [4.69, 9.17) is 10.1 Å². The lowest BCUT2D eigenvalue weighted by Crippen LogP contribution is -2.38. The van der Waals surface area contributed by atoms with Crippen molar-refractivity contribution in [1.29, 1.82) is 0 Å². The Kier molecular flexibility index (Phi) is 4.71. The molecule has 0 spiro atoms. The monoisotopic (exact) mass is 509 g/mol. The fourth-order valence-electron chi connectivity index (χ4n) is 6.02. The molecule has 1 fully saturated rings. The summed E-state index contributed by atoms with van der Waals surface area (Å²) in [5.41, 5.74) is 1.30. The molecule has 3 heterocycles. The Hall–Kier alpha value is -3.64. The van der Waals surface area contributed by atoms with Crippen LogP contribution in [-0.2, 0) is 15.4 Å². The van der Waals surface area contributed by atoms with Crippen LogP contribution in [0.3, 0.4) is 0 Å². The molecule has 4 aromatic rings. The zero-order valence-electron chi connectivity index (χ0n) is 19.4. The maximum absolute atomic E-state index is 14.5. The van der Waals surface area contributed by atoms with Crippen molar-refractivity contribution in [2.75, 3.05) is 0 Å². The number of hydrogen-bond acceptors (Lipinski definition) is 7. The molecule has 0 aliphatic heterocycles. The molecule has 1 saturated carbocycles. The molecule has 36 heavy (non-hydrogen) atoms. The second kappa shape index (κ2) is 7.43. The van der Waals surface area contributed by atoms with Crippen LogP contribution in [0, 0.1) is 17.0 Å². The number of halogens is 2. The van der Waals surface area contributed by atoms with Crippen LogP contribution < -0.4 is 5.14 Å². The zero-order chi connectivity index (χ0) is 25.5. The van der Waals surface area contributed by atoms with Gasteiger partial charge in [-0.3, -0.25) is 0 Å². The summed E-state index contributed by atoms with van der Waals surface area (Å²) in [6.45, 7) is 4.26. The molecular weight excluding hydrogens is 488 g/mol. The van der Waals surface area contributed by atoms with Crippen LogP contribution in [0.15, 0.2) is 53.8 Å². The standard InChI is InChI=1S/C24H21F2N7O2S/c1-23(2)14-6-9-24(23,18-7-10-28-22(29-18)33-11-8-19(32-33)36(27,34)35)21-13(14)12-17(30-31-21)20-15(25)4-3-5-16(20)26/h3-5,7-8,10-12,14H,6,9H2,1-2H3,(H2,27,34,35)/t14-,24-/m0/s1. The number of hydrogen-bond donors (Lipinski definition) is 1. The van der Waals surface area contributed by atoms with Gasteiger partial charge in [-0.15, -0.1) is 5.10 Å². The average Bonchev–Trinajstić information content (AvgIpc) is 3.48. The third-order valence-electron chi connectivity index (χ3n) is 7.74. The number of rotatable bonds is 4. The van der Waals surface area contributed by atoms with Gasteiger partial charge in [-0.2, -0.15) is 10.2 Å². The molecule has 184 valence electrons. The third kappa shape index (κ3) is 3.00. The second-order valence-electron chi connectivity index (χ2n) is 9.73. The summed E-state index contributed by atoms with van der Waals surface area (Å²) in [6.07, 6.45) is 4.60. The van der Waals surface area contributed by atoms with Gasteiger partial charge in [0.1, 0.15) is 11.6 Å². The Labute approximate surface area is 205 Å². The van der Waals surface area contributed by atoms with Gasteiger partial charge in [-0.1, -0.05) is 19.9 Å². The molecule has 6 rings (SSSR count). The quantitative estimate of drug-likeness (QED) is 0.447. The molecule has 2 N–H and O–H groups in total. The van der Waals surface area contributed by atoms with Crippen LogP contribution >= 0.6 is 0 Å². The lowest BCUT2D eigenvalue weighted by atomic mass is 9.66. The number of fused-ring (bicyclic) bond motifs is 5. The molecule has 3 aromatic heterocycles. The zero-order valence-corrected chi connectivity index (χ0v) is 20.2. The van der Waals surface area contributed by atoms with Gasteiger partial charge >= 0.3 is 0 Å². The molecule has 2 aliphatic rings. The Morgan fingerprint density at radius 3 is 2.56 bits per heavy atom. The number of sulfonamides is 1. The van der Waals surface area contributed by atoms with Crippen LogP contribution in [-0.4, -0.2) is 38.4 Å². The topological polar surface area (TPSA) is 130 Å². The van der Waals surface area contributed by atoms with E-state index >= 15 is 0 Å². The van der Waals surface area contributed by atoms with Crippen molar-refractivity contribution >= 4 is 10.0 Å². The van der Waals surface area contributed by atoms with E-state index in [1.165, 1.54) is 35.1 Å². The molecule has 0 radical (unpaired) electrons. The Morgan fingerprint density at radius 1 is 1.11 bits per heavy atom. The fraction of sp³-hybridized carbons (Fsp3) is 0.292. The molecule has 0 amide bonds. The van der Waals surface area contributed by atoms with Crippen LogP contribution in [0.1, 0.15) is 49.6 Å². The van der Waals surface area contributed by atoms with E-state index in [0.29, 0.717) is 5.69 Å². The van der Waals surface area contributed by atoms with E-state index in [2.05, 4.69) is 34.1 Å². The summed E-state index contributed by atoms with van der Waals surface area (Å²) in [5, 5.41) is 17.6. The number of primary sulfonamides is 1. The van der Waals surface area contributed by atoms with E-state index in [-0.39, 0.29) is 33.6 Å². The van der Waals surface area contributed by atoms with E-state index in [9.17, 15) is 17.2 Å². The van der Waals surface area contributed by atoms with E-state index in [1.807, 2.05) is 0 Å². The molecule has 2 bridgehead atoms. The van der Waals surface area contributed by atoms with Gasteiger partial charge in [0, 0.05) is 12.4 Å². The van der Waals surface area contributed by atoms with Crippen molar-refractivity contribution in [1.82, 2.24) is 29.9 Å². The highest BCUT2D eigenvalue weighted by atomic mass is 32.2. The first-order valence-corrected chi connectivity index (χ1v) is 12.8. The van der Waals surface area contributed by atoms with Crippen LogP contribution in [0.2, 0.25) is 0 Å². The molecule has 1 aromatic carbocycles. The summed E-state index contributed by atoms with van der Waals surface area (Å²) in [5.74, 6) is -1.13. The number of nitrogens with two attached hydrogens (primary N) is 1. The maximum atomic E-state index is 14.5. The van der Waals surface area contributed by atoms with Crippen molar-refractivity contribution in [3.8, 4) is 17.2 Å². The number of benzene rings is 1. The molecule has 12 heteroatoms. The minimum atomic E-state index is -3.98. The van der Waals surface area contributed by atoms with Gasteiger partial charge in [0.05, 0.1) is 28.1 Å². The van der Waals surface area contributed by atoms with Gasteiger partial charge in [-0.05, 0) is 60.1 Å². The molecular formula is C24H21F2N7O2S. The predicted octanol–water partition coefficient (Wildman–Crippen LogP) is 3.25. The third-order valence-corrected chi connectivity index (χ3v) is 8.54. The first-order chi connectivity index (χ1) is 17.0.